The molecule has 6 nitrogen and oxygen atoms in total. The van der Waals surface area contributed by atoms with Crippen LogP contribution in [0, 0.1) is 6.92 Å². The fraction of sp³-hybridized carbons (Fsp3) is 0.300. The molecule has 3 N–H and O–H groups in total. The highest BCUT2D eigenvalue weighted by atomic mass is 16.5. The number of quaternary nitrogens is 1. The normalized spacial score (nSPS) is 11.5. The fourth-order valence-corrected chi connectivity index (χ4v) is 2.50. The van der Waals surface area contributed by atoms with Gasteiger partial charge in [-0.25, -0.2) is 0 Å². The third kappa shape index (κ3) is 6.22. The molecule has 0 aliphatic heterocycles. The maximum atomic E-state index is 12.2. The predicted molar refractivity (Wildman–Crippen MR) is 103 cm³/mol. The molecule has 0 heterocycles. The first kappa shape index (κ1) is 19.5. The first-order valence-corrected chi connectivity index (χ1v) is 8.67. The quantitative estimate of drug-likeness (QED) is 0.671. The monoisotopic (exact) mass is 356 g/mol. The van der Waals surface area contributed by atoms with Crippen LogP contribution in [0.15, 0.2) is 48.5 Å². The molecule has 0 bridgehead atoms. The molecular formula is C20H26N3O3+. The van der Waals surface area contributed by atoms with Crippen molar-refractivity contribution in [3.8, 4) is 5.75 Å². The molecular weight excluding hydrogens is 330 g/mol. The smallest absolute Gasteiger partial charge is 0.279 e. The molecule has 138 valence electrons. The molecule has 0 aromatic heterocycles. The van der Waals surface area contributed by atoms with Gasteiger partial charge >= 0.3 is 0 Å². The van der Waals surface area contributed by atoms with Crippen LogP contribution in [-0.2, 0) is 9.59 Å². The summed E-state index contributed by atoms with van der Waals surface area (Å²) in [5.74, 6) is 0.338. The summed E-state index contributed by atoms with van der Waals surface area (Å²) in [5, 5.41) is 5.68. The number of benzene rings is 2. The topological polar surface area (TPSA) is 71.9 Å². The van der Waals surface area contributed by atoms with Crippen LogP contribution in [0.25, 0.3) is 0 Å². The number of likely N-dealkylation sites (N-methyl/N-ethyl adjacent to an activating group) is 1. The van der Waals surface area contributed by atoms with Crippen LogP contribution in [0.2, 0.25) is 0 Å². The summed E-state index contributed by atoms with van der Waals surface area (Å²) in [5.41, 5.74) is 2.52. The van der Waals surface area contributed by atoms with E-state index in [-0.39, 0.29) is 24.9 Å². The van der Waals surface area contributed by atoms with Gasteiger partial charge in [-0.1, -0.05) is 29.8 Å². The van der Waals surface area contributed by atoms with Crippen LogP contribution in [0.5, 0.6) is 5.75 Å². The number of carbonyl (C=O) groups is 2. The maximum Gasteiger partial charge on any atom is 0.279 e. The van der Waals surface area contributed by atoms with E-state index < -0.39 is 0 Å². The molecule has 6 heteroatoms. The van der Waals surface area contributed by atoms with E-state index in [1.807, 2.05) is 63.4 Å². The van der Waals surface area contributed by atoms with E-state index in [1.54, 1.807) is 6.07 Å². The number of aryl methyl sites for hydroxylation is 1. The Bertz CT molecular complexity index is 744. The van der Waals surface area contributed by atoms with Crippen molar-refractivity contribution in [3.05, 3.63) is 54.1 Å². The van der Waals surface area contributed by atoms with E-state index in [4.69, 9.17) is 4.74 Å². The standard InChI is InChI=1S/C20H25N3O3/c1-4-26-18-8-6-5-7-17(18)22-20(25)14-23(3)13-19(24)21-16-11-9-15(2)10-12-16/h5-12H,4,13-14H2,1-3H3,(H,21,24)(H,22,25)/p+1. The molecule has 0 fully saturated rings. The van der Waals surface area contributed by atoms with Crippen LogP contribution in [0.4, 0.5) is 11.4 Å². The summed E-state index contributed by atoms with van der Waals surface area (Å²) in [6.07, 6.45) is 0. The van der Waals surface area contributed by atoms with Crippen LogP contribution in [0.3, 0.4) is 0 Å². The molecule has 0 spiro atoms. The summed E-state index contributed by atoms with van der Waals surface area (Å²) in [6.45, 7) is 4.79. The molecule has 0 radical (unpaired) electrons. The molecule has 2 aromatic rings. The first-order chi connectivity index (χ1) is 12.5. The Morgan fingerprint density at radius 3 is 2.23 bits per heavy atom. The Kier molecular flexibility index (Phi) is 7.17. The highest BCUT2D eigenvalue weighted by Crippen LogP contribution is 2.23. The summed E-state index contributed by atoms with van der Waals surface area (Å²) < 4.78 is 5.50. The zero-order valence-electron chi connectivity index (χ0n) is 15.5. The Morgan fingerprint density at radius 2 is 1.58 bits per heavy atom. The van der Waals surface area contributed by atoms with Gasteiger partial charge in [0.25, 0.3) is 11.8 Å². The van der Waals surface area contributed by atoms with Crippen LogP contribution < -0.4 is 20.3 Å². The molecule has 2 rings (SSSR count). The average molecular weight is 356 g/mol. The van der Waals surface area contributed by atoms with Crippen molar-refractivity contribution in [2.75, 3.05) is 37.4 Å². The summed E-state index contributed by atoms with van der Waals surface area (Å²) >= 11 is 0. The van der Waals surface area contributed by atoms with E-state index in [0.717, 1.165) is 16.2 Å². The van der Waals surface area contributed by atoms with Gasteiger partial charge in [0.15, 0.2) is 13.1 Å². The van der Waals surface area contributed by atoms with Crippen molar-refractivity contribution in [3.63, 3.8) is 0 Å². The molecule has 0 aliphatic carbocycles. The van der Waals surface area contributed by atoms with Gasteiger partial charge in [-0.3, -0.25) is 9.59 Å². The lowest BCUT2D eigenvalue weighted by atomic mass is 10.2. The van der Waals surface area contributed by atoms with Gasteiger partial charge in [-0.05, 0) is 38.1 Å². The third-order valence-electron chi connectivity index (χ3n) is 3.72. The maximum absolute atomic E-state index is 12.2. The van der Waals surface area contributed by atoms with Crippen molar-refractivity contribution in [2.45, 2.75) is 13.8 Å². The van der Waals surface area contributed by atoms with Crippen molar-refractivity contribution in [2.24, 2.45) is 0 Å². The highest BCUT2D eigenvalue weighted by molar-refractivity contribution is 5.94. The largest absolute Gasteiger partial charge is 0.492 e. The second-order valence-electron chi connectivity index (χ2n) is 6.20. The van der Waals surface area contributed by atoms with Gasteiger partial charge in [0.2, 0.25) is 0 Å². The lowest BCUT2D eigenvalue weighted by molar-refractivity contribution is -0.862. The van der Waals surface area contributed by atoms with Crippen molar-refractivity contribution >= 4 is 23.2 Å². The number of anilines is 2. The number of carbonyl (C=O) groups excluding carboxylic acids is 2. The Balaban J connectivity index is 1.83. The summed E-state index contributed by atoms with van der Waals surface area (Å²) in [6, 6.07) is 14.9. The van der Waals surface area contributed by atoms with Crippen LogP contribution in [-0.4, -0.2) is 38.6 Å². The average Bonchev–Trinajstić information content (AvgIpc) is 2.58. The second kappa shape index (κ2) is 9.58. The molecule has 0 aliphatic rings. The first-order valence-electron chi connectivity index (χ1n) is 8.67. The number of ether oxygens (including phenoxy) is 1. The van der Waals surface area contributed by atoms with Crippen molar-refractivity contribution in [1.82, 2.24) is 0 Å². The molecule has 0 saturated heterocycles. The number of para-hydroxylation sites is 2. The Labute approximate surface area is 154 Å². The number of amides is 2. The van der Waals surface area contributed by atoms with Gasteiger partial charge in [-0.15, -0.1) is 0 Å². The molecule has 26 heavy (non-hydrogen) atoms. The lowest BCUT2D eigenvalue weighted by Crippen LogP contribution is -3.11. The predicted octanol–water partition coefficient (Wildman–Crippen LogP) is 1.49. The van der Waals surface area contributed by atoms with E-state index in [2.05, 4.69) is 10.6 Å². The molecule has 1 unspecified atom stereocenters. The minimum atomic E-state index is -0.169. The Hall–Kier alpha value is -2.86. The molecule has 1 atom stereocenters. The van der Waals surface area contributed by atoms with Gasteiger partial charge in [-0.2, -0.15) is 0 Å². The second-order valence-corrected chi connectivity index (χ2v) is 6.20. The van der Waals surface area contributed by atoms with Crippen LogP contribution in [0.1, 0.15) is 12.5 Å². The minimum absolute atomic E-state index is 0.131. The molecule has 0 saturated carbocycles. The van der Waals surface area contributed by atoms with E-state index in [0.29, 0.717) is 18.0 Å². The molecule has 2 aromatic carbocycles. The van der Waals surface area contributed by atoms with Gasteiger partial charge < -0.3 is 20.3 Å². The van der Waals surface area contributed by atoms with Gasteiger partial charge in [0, 0.05) is 5.69 Å². The number of hydrogen-bond donors (Lipinski definition) is 3. The third-order valence-corrected chi connectivity index (χ3v) is 3.72. The zero-order valence-corrected chi connectivity index (χ0v) is 15.5. The van der Waals surface area contributed by atoms with Crippen LogP contribution >= 0.6 is 0 Å². The highest BCUT2D eigenvalue weighted by Gasteiger charge is 2.15. The van der Waals surface area contributed by atoms with E-state index in [1.165, 1.54) is 0 Å². The zero-order chi connectivity index (χ0) is 18.9. The van der Waals surface area contributed by atoms with Gasteiger partial charge in [0.05, 0.1) is 19.3 Å². The number of rotatable bonds is 8. The fourth-order valence-electron chi connectivity index (χ4n) is 2.50. The van der Waals surface area contributed by atoms with Gasteiger partial charge in [0.1, 0.15) is 5.75 Å². The SMILES string of the molecule is CCOc1ccccc1NC(=O)C[NH+](C)CC(=O)Nc1ccc(C)cc1. The Morgan fingerprint density at radius 1 is 0.962 bits per heavy atom. The molecule has 2 amide bonds. The van der Waals surface area contributed by atoms with E-state index >= 15 is 0 Å². The lowest BCUT2D eigenvalue weighted by Gasteiger charge is -2.15. The number of nitrogens with one attached hydrogen (secondary N) is 3. The van der Waals surface area contributed by atoms with Crippen molar-refractivity contribution < 1.29 is 19.2 Å². The summed E-state index contributed by atoms with van der Waals surface area (Å²) in [7, 11) is 1.81. The van der Waals surface area contributed by atoms with E-state index in [9.17, 15) is 9.59 Å². The number of hydrogen-bond acceptors (Lipinski definition) is 3. The summed E-state index contributed by atoms with van der Waals surface area (Å²) in [4.78, 5) is 25.1. The minimum Gasteiger partial charge on any atom is -0.492 e. The van der Waals surface area contributed by atoms with Crippen molar-refractivity contribution in [1.29, 1.82) is 0 Å².